The van der Waals surface area contributed by atoms with Crippen LogP contribution in [0, 0.1) is 5.92 Å². The zero-order valence-corrected chi connectivity index (χ0v) is 23.8. The van der Waals surface area contributed by atoms with Gasteiger partial charge >= 0.3 is 0 Å². The molecule has 216 valence electrons. The van der Waals surface area contributed by atoms with Crippen LogP contribution in [-0.4, -0.2) is 51.6 Å². The number of hydrogen-bond acceptors (Lipinski definition) is 5. The molecule has 2 aromatic heterocycles. The largest absolute Gasteiger partial charge is 0.359 e. The number of nitrogens with one attached hydrogen (secondary N) is 4. The van der Waals surface area contributed by atoms with Crippen LogP contribution in [-0.2, 0) is 20.8 Å². The molecular weight excluding hydrogens is 518 g/mol. The van der Waals surface area contributed by atoms with Gasteiger partial charge in [-0.1, -0.05) is 37.1 Å². The lowest BCUT2D eigenvalue weighted by Gasteiger charge is -2.27. The molecule has 2 aliphatic rings. The first-order valence-corrected chi connectivity index (χ1v) is 14.2. The number of amides is 3. The van der Waals surface area contributed by atoms with Gasteiger partial charge in [-0.05, 0) is 55.0 Å². The van der Waals surface area contributed by atoms with Crippen molar-refractivity contribution in [1.82, 2.24) is 35.7 Å². The molecule has 0 fully saturated rings. The molecule has 10 nitrogen and oxygen atoms in total. The van der Waals surface area contributed by atoms with E-state index >= 15 is 0 Å². The quantitative estimate of drug-likeness (QED) is 0.280. The second-order valence-corrected chi connectivity index (χ2v) is 10.1. The molecule has 4 N–H and O–H groups in total. The van der Waals surface area contributed by atoms with E-state index in [0.29, 0.717) is 6.42 Å². The van der Waals surface area contributed by atoms with E-state index in [-0.39, 0.29) is 30.1 Å². The average molecular weight is 558 g/mol. The number of imidazole rings is 1. The van der Waals surface area contributed by atoms with E-state index in [1.165, 1.54) is 0 Å². The van der Waals surface area contributed by atoms with Gasteiger partial charge in [0.1, 0.15) is 5.82 Å². The van der Waals surface area contributed by atoms with Gasteiger partial charge in [-0.25, -0.2) is 9.67 Å². The van der Waals surface area contributed by atoms with Crippen LogP contribution in [0.4, 0.5) is 0 Å². The van der Waals surface area contributed by atoms with Gasteiger partial charge in [-0.3, -0.25) is 14.4 Å². The number of hydrogen-bond donors (Lipinski definition) is 4. The lowest BCUT2D eigenvalue weighted by atomic mass is 9.85. The molecule has 1 aliphatic carbocycles. The van der Waals surface area contributed by atoms with E-state index in [2.05, 4.69) is 55.3 Å². The van der Waals surface area contributed by atoms with Crippen molar-refractivity contribution in [2.24, 2.45) is 5.92 Å². The molecular formula is C31H39N7O3. The van der Waals surface area contributed by atoms with E-state index in [9.17, 15) is 14.4 Å². The Labute approximate surface area is 240 Å². The highest BCUT2D eigenvalue weighted by molar-refractivity contribution is 5.91. The molecule has 1 unspecified atom stereocenters. The van der Waals surface area contributed by atoms with Crippen LogP contribution in [0.25, 0.3) is 16.9 Å². The maximum absolute atomic E-state index is 11.6. The van der Waals surface area contributed by atoms with Crippen LogP contribution in [0.2, 0.25) is 0 Å². The topological polar surface area (TPSA) is 134 Å². The first kappa shape index (κ1) is 29.5. The van der Waals surface area contributed by atoms with Crippen molar-refractivity contribution in [3.8, 4) is 16.9 Å². The zero-order valence-electron chi connectivity index (χ0n) is 23.8. The summed E-state index contributed by atoms with van der Waals surface area (Å²) in [6, 6.07) is 10.2. The van der Waals surface area contributed by atoms with Crippen LogP contribution < -0.4 is 16.0 Å². The average Bonchev–Trinajstić information content (AvgIpc) is 3.71. The van der Waals surface area contributed by atoms with Gasteiger partial charge in [0.2, 0.25) is 17.7 Å². The Kier molecular flexibility index (Phi) is 10.6. The summed E-state index contributed by atoms with van der Waals surface area (Å²) < 4.78 is 1.84. The zero-order chi connectivity index (χ0) is 29.0. The van der Waals surface area contributed by atoms with Gasteiger partial charge in [-0.15, -0.1) is 0 Å². The molecule has 1 atom stereocenters. The van der Waals surface area contributed by atoms with E-state index < -0.39 is 0 Å². The minimum Gasteiger partial charge on any atom is -0.359 e. The molecule has 0 saturated heterocycles. The molecule has 5 rings (SSSR count). The second kappa shape index (κ2) is 14.8. The highest BCUT2D eigenvalue weighted by atomic mass is 16.2. The second-order valence-electron chi connectivity index (χ2n) is 10.1. The Bertz CT molecular complexity index is 1370. The number of carbonyl (C=O) groups is 3. The minimum absolute atomic E-state index is 0.0577. The molecule has 1 aromatic carbocycles. The third-order valence-corrected chi connectivity index (χ3v) is 7.25. The van der Waals surface area contributed by atoms with Gasteiger partial charge in [0, 0.05) is 51.4 Å². The maximum Gasteiger partial charge on any atom is 0.227 e. The Balaban J connectivity index is 0.000000218. The van der Waals surface area contributed by atoms with Gasteiger partial charge in [0.25, 0.3) is 0 Å². The maximum atomic E-state index is 11.6. The number of unbranched alkanes of at least 4 members (excludes halogenated alkanes) is 3. The van der Waals surface area contributed by atoms with Crippen molar-refractivity contribution in [3.05, 3.63) is 78.2 Å². The van der Waals surface area contributed by atoms with Crippen molar-refractivity contribution in [2.45, 2.75) is 57.8 Å². The Hall–Kier alpha value is -4.47. The van der Waals surface area contributed by atoms with Gasteiger partial charge < -0.3 is 20.9 Å². The number of aromatic amines is 1. The molecule has 0 saturated carbocycles. The van der Waals surface area contributed by atoms with Crippen molar-refractivity contribution < 1.29 is 14.4 Å². The molecule has 3 aromatic rings. The number of aryl methyl sites for hydroxylation is 1. The number of nitrogens with zero attached hydrogens (tertiary/aromatic N) is 3. The summed E-state index contributed by atoms with van der Waals surface area (Å²) in [5, 5.41) is 12.3. The van der Waals surface area contributed by atoms with E-state index in [4.69, 9.17) is 0 Å². The minimum atomic E-state index is -0.310. The Morgan fingerprint density at radius 2 is 1.88 bits per heavy atom. The van der Waals surface area contributed by atoms with Crippen molar-refractivity contribution in [3.63, 3.8) is 0 Å². The highest BCUT2D eigenvalue weighted by Crippen LogP contribution is 2.29. The number of benzene rings is 1. The van der Waals surface area contributed by atoms with Crippen LogP contribution >= 0.6 is 0 Å². The van der Waals surface area contributed by atoms with Crippen LogP contribution in [0.1, 0.15) is 57.2 Å². The Morgan fingerprint density at radius 3 is 2.61 bits per heavy atom. The summed E-state index contributed by atoms with van der Waals surface area (Å²) >= 11 is 0. The summed E-state index contributed by atoms with van der Waals surface area (Å²) in [4.78, 5) is 42.1. The summed E-state index contributed by atoms with van der Waals surface area (Å²) in [5.74, 6) is 0.693. The first-order valence-electron chi connectivity index (χ1n) is 14.2. The fourth-order valence-electron chi connectivity index (χ4n) is 4.97. The van der Waals surface area contributed by atoms with Crippen molar-refractivity contribution >= 4 is 17.7 Å². The highest BCUT2D eigenvalue weighted by Gasteiger charge is 2.31. The third kappa shape index (κ3) is 8.26. The molecule has 41 heavy (non-hydrogen) atoms. The number of carbonyl (C=O) groups excluding carboxylic acids is 3. The fourth-order valence-corrected chi connectivity index (χ4v) is 4.97. The first-order chi connectivity index (χ1) is 20.0. The Morgan fingerprint density at radius 1 is 1.07 bits per heavy atom. The molecule has 3 amide bonds. The standard InChI is InChI=1S/C20H25N5O.C11H14N2O2/c1-21-20(26)8-5-3-2-4-7-19-22-15-18(24-19)16-9-11-17(12-10-16)25-14-6-13-23-25;1-12-11(15)8-6-10(14)13-9-5-3-2-4-7(8)9/h6,9-15H,2-5,7-8H2,1H3,(H,21,26)(H,22,24);2,4,8H,3,5-6H2,1H3,(H,12,15)(H,13,14). The lowest BCUT2D eigenvalue weighted by Crippen LogP contribution is -2.39. The van der Waals surface area contributed by atoms with Gasteiger partial charge in [0.05, 0.1) is 23.5 Å². The van der Waals surface area contributed by atoms with Crippen LogP contribution in [0.5, 0.6) is 0 Å². The van der Waals surface area contributed by atoms with Gasteiger partial charge in [0.15, 0.2) is 0 Å². The van der Waals surface area contributed by atoms with Crippen molar-refractivity contribution in [2.75, 3.05) is 14.1 Å². The molecule has 1 aliphatic heterocycles. The predicted octanol–water partition coefficient (Wildman–Crippen LogP) is 3.97. The van der Waals surface area contributed by atoms with E-state index in [1.807, 2.05) is 35.3 Å². The third-order valence-electron chi connectivity index (χ3n) is 7.25. The summed E-state index contributed by atoms with van der Waals surface area (Å²) in [5.41, 5.74) is 5.08. The fraction of sp³-hybridized carbons (Fsp3) is 0.387. The number of aromatic nitrogens is 4. The monoisotopic (exact) mass is 557 g/mol. The van der Waals surface area contributed by atoms with Crippen molar-refractivity contribution in [1.29, 1.82) is 0 Å². The number of rotatable bonds is 10. The molecule has 10 heteroatoms. The van der Waals surface area contributed by atoms with Gasteiger partial charge in [-0.2, -0.15) is 5.10 Å². The van der Waals surface area contributed by atoms with E-state index in [0.717, 1.165) is 79.0 Å². The van der Waals surface area contributed by atoms with Crippen LogP contribution in [0.3, 0.4) is 0 Å². The smallest absolute Gasteiger partial charge is 0.227 e. The molecule has 0 bridgehead atoms. The normalized spacial score (nSPS) is 15.9. The lowest BCUT2D eigenvalue weighted by molar-refractivity contribution is -0.129. The predicted molar refractivity (Wildman–Crippen MR) is 158 cm³/mol. The number of H-pyrrole nitrogens is 1. The molecule has 0 radical (unpaired) electrons. The summed E-state index contributed by atoms with van der Waals surface area (Å²) in [6.45, 7) is 0. The molecule has 0 spiro atoms. The van der Waals surface area contributed by atoms with Crippen LogP contribution in [0.15, 0.2) is 72.3 Å². The SMILES string of the molecule is CNC(=O)C1CC(=O)NC2=C1C=CCC2.CNC(=O)CCCCCCc1ncc(-c2ccc(-n3cccn3)cc2)[nH]1. The summed E-state index contributed by atoms with van der Waals surface area (Å²) in [7, 11) is 3.28. The van der Waals surface area contributed by atoms with E-state index in [1.54, 1.807) is 20.3 Å². The summed E-state index contributed by atoms with van der Waals surface area (Å²) in [6.07, 6.45) is 17.4. The number of allylic oxidation sites excluding steroid dienone is 3. The molecule has 3 heterocycles.